The van der Waals surface area contributed by atoms with E-state index >= 15 is 0 Å². The van der Waals surface area contributed by atoms with E-state index < -0.39 is 0 Å². The molecule has 4 nitrogen and oxygen atoms in total. The van der Waals surface area contributed by atoms with Gasteiger partial charge < -0.3 is 11.1 Å². The molecule has 0 spiro atoms. The number of nitrogens with zero attached hydrogens (tertiary/aromatic N) is 1. The van der Waals surface area contributed by atoms with E-state index in [0.717, 1.165) is 12.5 Å². The van der Waals surface area contributed by atoms with Crippen molar-refractivity contribution in [1.82, 2.24) is 10.2 Å². The maximum absolute atomic E-state index is 11.8. The fourth-order valence-electron chi connectivity index (χ4n) is 2.42. The molecule has 112 valence electrons. The largest absolute Gasteiger partial charge is 0.354 e. The molecule has 0 aromatic carbocycles. The molecule has 0 aromatic heterocycles. The highest BCUT2D eigenvalue weighted by Gasteiger charge is 2.29. The van der Waals surface area contributed by atoms with Crippen LogP contribution in [0.4, 0.5) is 0 Å². The van der Waals surface area contributed by atoms with Gasteiger partial charge in [-0.25, -0.2) is 0 Å². The monoisotopic (exact) mass is 269 g/mol. The van der Waals surface area contributed by atoms with Gasteiger partial charge in [0.2, 0.25) is 5.91 Å². The highest BCUT2D eigenvalue weighted by atomic mass is 16.1. The van der Waals surface area contributed by atoms with Crippen molar-refractivity contribution in [3.05, 3.63) is 0 Å². The molecule has 1 saturated carbocycles. The zero-order valence-corrected chi connectivity index (χ0v) is 13.2. The summed E-state index contributed by atoms with van der Waals surface area (Å²) in [7, 11) is 2.14. The summed E-state index contributed by atoms with van der Waals surface area (Å²) in [6.07, 6.45) is 3.89. The van der Waals surface area contributed by atoms with E-state index in [4.69, 9.17) is 5.73 Å². The molecular formula is C15H31N3O. The van der Waals surface area contributed by atoms with Crippen LogP contribution in [0.1, 0.15) is 53.4 Å². The van der Waals surface area contributed by atoms with Crippen molar-refractivity contribution in [2.24, 2.45) is 11.1 Å². The molecule has 1 rings (SSSR count). The van der Waals surface area contributed by atoms with Gasteiger partial charge in [0, 0.05) is 31.1 Å². The fraction of sp³-hybridized carbons (Fsp3) is 0.933. The third kappa shape index (κ3) is 6.92. The van der Waals surface area contributed by atoms with Crippen molar-refractivity contribution >= 4 is 5.91 Å². The number of rotatable bonds is 7. The van der Waals surface area contributed by atoms with Crippen LogP contribution in [0.5, 0.6) is 0 Å². The van der Waals surface area contributed by atoms with Crippen LogP contribution >= 0.6 is 0 Å². The van der Waals surface area contributed by atoms with Gasteiger partial charge in [-0.05, 0) is 38.6 Å². The standard InChI is InChI=1S/C15H31N3O/c1-11(18(5)13-6-7-13)10-17-14(19)8-12(16)9-15(2,3)4/h11-13H,6-10,16H2,1-5H3,(H,17,19). The van der Waals surface area contributed by atoms with Crippen molar-refractivity contribution in [2.75, 3.05) is 13.6 Å². The lowest BCUT2D eigenvalue weighted by molar-refractivity contribution is -0.121. The normalized spacial score (nSPS) is 19.3. The van der Waals surface area contributed by atoms with E-state index in [1.165, 1.54) is 12.8 Å². The van der Waals surface area contributed by atoms with Crippen molar-refractivity contribution in [3.63, 3.8) is 0 Å². The van der Waals surface area contributed by atoms with Crippen molar-refractivity contribution in [1.29, 1.82) is 0 Å². The van der Waals surface area contributed by atoms with Crippen LogP contribution in [-0.2, 0) is 4.79 Å². The Balaban J connectivity index is 2.19. The minimum absolute atomic E-state index is 0.0449. The fourth-order valence-corrected chi connectivity index (χ4v) is 2.42. The summed E-state index contributed by atoms with van der Waals surface area (Å²) in [4.78, 5) is 14.2. The van der Waals surface area contributed by atoms with Crippen molar-refractivity contribution < 1.29 is 4.79 Å². The molecule has 4 heteroatoms. The Morgan fingerprint density at radius 3 is 2.47 bits per heavy atom. The van der Waals surface area contributed by atoms with E-state index in [2.05, 4.69) is 45.0 Å². The summed E-state index contributed by atoms with van der Waals surface area (Å²) in [5.74, 6) is 0.0767. The van der Waals surface area contributed by atoms with Crippen LogP contribution in [0.2, 0.25) is 0 Å². The first-order chi connectivity index (χ1) is 8.69. The van der Waals surface area contributed by atoms with Gasteiger partial charge in [0.25, 0.3) is 0 Å². The second-order valence-electron chi connectivity index (χ2n) is 7.28. The second-order valence-corrected chi connectivity index (χ2v) is 7.28. The molecule has 0 aliphatic heterocycles. The average molecular weight is 269 g/mol. The SMILES string of the molecule is CC(CNC(=O)CC(N)CC(C)(C)C)N(C)C1CC1. The number of likely N-dealkylation sites (N-methyl/N-ethyl adjacent to an activating group) is 1. The molecule has 2 unspecified atom stereocenters. The zero-order chi connectivity index (χ0) is 14.6. The van der Waals surface area contributed by atoms with Gasteiger partial charge in [-0.3, -0.25) is 9.69 Å². The Labute approximate surface area is 118 Å². The number of nitrogens with one attached hydrogen (secondary N) is 1. The number of amides is 1. The lowest BCUT2D eigenvalue weighted by Gasteiger charge is -2.25. The molecule has 0 aromatic rings. The lowest BCUT2D eigenvalue weighted by Crippen LogP contribution is -2.42. The lowest BCUT2D eigenvalue weighted by atomic mass is 9.87. The summed E-state index contributed by atoms with van der Waals surface area (Å²) in [6, 6.07) is 1.09. The molecule has 0 bridgehead atoms. The Bertz CT molecular complexity index is 294. The van der Waals surface area contributed by atoms with E-state index in [1.54, 1.807) is 0 Å². The Kier molecular flexibility index (Phi) is 5.81. The highest BCUT2D eigenvalue weighted by Crippen LogP contribution is 2.26. The zero-order valence-electron chi connectivity index (χ0n) is 13.2. The average Bonchev–Trinajstić information content (AvgIpc) is 3.05. The molecule has 0 radical (unpaired) electrons. The van der Waals surface area contributed by atoms with Gasteiger partial charge in [0.15, 0.2) is 0 Å². The van der Waals surface area contributed by atoms with Gasteiger partial charge in [-0.1, -0.05) is 20.8 Å². The molecule has 1 aliphatic rings. The Morgan fingerprint density at radius 2 is 2.00 bits per heavy atom. The van der Waals surface area contributed by atoms with Crippen LogP contribution in [-0.4, -0.2) is 42.5 Å². The first-order valence-electron chi connectivity index (χ1n) is 7.43. The maximum Gasteiger partial charge on any atom is 0.221 e. The molecule has 1 aliphatic carbocycles. The predicted molar refractivity (Wildman–Crippen MR) is 79.9 cm³/mol. The summed E-state index contributed by atoms with van der Waals surface area (Å²) in [5, 5.41) is 3.00. The first kappa shape index (κ1) is 16.4. The molecule has 19 heavy (non-hydrogen) atoms. The molecule has 3 N–H and O–H groups in total. The predicted octanol–water partition coefficient (Wildman–Crippen LogP) is 1.74. The number of hydrogen-bond acceptors (Lipinski definition) is 3. The second kappa shape index (κ2) is 6.71. The number of nitrogens with two attached hydrogens (primary N) is 1. The van der Waals surface area contributed by atoms with E-state index in [9.17, 15) is 4.79 Å². The summed E-state index contributed by atoms with van der Waals surface area (Å²) >= 11 is 0. The maximum atomic E-state index is 11.8. The molecular weight excluding hydrogens is 238 g/mol. The van der Waals surface area contributed by atoms with Gasteiger partial charge >= 0.3 is 0 Å². The number of carbonyl (C=O) groups excluding carboxylic acids is 1. The molecule has 0 saturated heterocycles. The van der Waals surface area contributed by atoms with Crippen molar-refractivity contribution in [2.45, 2.75) is 71.5 Å². The van der Waals surface area contributed by atoms with Crippen LogP contribution in [0.25, 0.3) is 0 Å². The van der Waals surface area contributed by atoms with E-state index in [0.29, 0.717) is 19.0 Å². The summed E-state index contributed by atoms with van der Waals surface area (Å²) in [5.41, 5.74) is 6.19. The quantitative estimate of drug-likeness (QED) is 0.740. The van der Waals surface area contributed by atoms with Crippen LogP contribution < -0.4 is 11.1 Å². The molecule has 1 fully saturated rings. The van der Waals surface area contributed by atoms with E-state index in [1.807, 2.05) is 0 Å². The van der Waals surface area contributed by atoms with E-state index in [-0.39, 0.29) is 17.4 Å². The van der Waals surface area contributed by atoms with Gasteiger partial charge in [0.05, 0.1) is 0 Å². The van der Waals surface area contributed by atoms with Crippen molar-refractivity contribution in [3.8, 4) is 0 Å². The molecule has 0 heterocycles. The third-order valence-electron chi connectivity index (χ3n) is 3.73. The summed E-state index contributed by atoms with van der Waals surface area (Å²) in [6.45, 7) is 9.33. The minimum Gasteiger partial charge on any atom is -0.354 e. The Morgan fingerprint density at radius 1 is 1.42 bits per heavy atom. The smallest absolute Gasteiger partial charge is 0.221 e. The third-order valence-corrected chi connectivity index (χ3v) is 3.73. The molecule has 1 amide bonds. The number of carbonyl (C=O) groups is 1. The highest BCUT2D eigenvalue weighted by molar-refractivity contribution is 5.76. The topological polar surface area (TPSA) is 58.4 Å². The summed E-state index contributed by atoms with van der Waals surface area (Å²) < 4.78 is 0. The molecule has 2 atom stereocenters. The van der Waals surface area contributed by atoms with Gasteiger partial charge in [-0.15, -0.1) is 0 Å². The van der Waals surface area contributed by atoms with Crippen LogP contribution in [0.3, 0.4) is 0 Å². The first-order valence-corrected chi connectivity index (χ1v) is 7.43. The van der Waals surface area contributed by atoms with Gasteiger partial charge in [-0.2, -0.15) is 0 Å². The minimum atomic E-state index is -0.0449. The number of hydrogen-bond donors (Lipinski definition) is 2. The van der Waals surface area contributed by atoms with Crippen LogP contribution in [0, 0.1) is 5.41 Å². The van der Waals surface area contributed by atoms with Crippen LogP contribution in [0.15, 0.2) is 0 Å². The van der Waals surface area contributed by atoms with Gasteiger partial charge in [0.1, 0.15) is 0 Å². The Hall–Kier alpha value is -0.610.